The lowest BCUT2D eigenvalue weighted by atomic mass is 9.98. The molecule has 4 heteroatoms. The Labute approximate surface area is 125 Å². The van der Waals surface area contributed by atoms with Gasteiger partial charge in [-0.3, -0.25) is 4.79 Å². The number of nitrogens with one attached hydrogen (secondary N) is 1. The number of carbonyl (C=O) groups excluding carboxylic acids is 1. The SMILES string of the molecule is CCOc1ccc(C2CNC(=O)C2)cc1OC1CCCC1. The predicted molar refractivity (Wildman–Crippen MR) is 80.9 cm³/mol. The first-order valence-electron chi connectivity index (χ1n) is 7.96. The second-order valence-corrected chi connectivity index (χ2v) is 5.87. The summed E-state index contributed by atoms with van der Waals surface area (Å²) in [5.74, 6) is 2.03. The van der Waals surface area contributed by atoms with Crippen molar-refractivity contribution in [1.29, 1.82) is 0 Å². The molecule has 1 aromatic rings. The summed E-state index contributed by atoms with van der Waals surface area (Å²) in [6.45, 7) is 3.33. The van der Waals surface area contributed by atoms with Crippen LogP contribution in [-0.4, -0.2) is 25.2 Å². The van der Waals surface area contributed by atoms with Crippen LogP contribution in [0.1, 0.15) is 50.5 Å². The number of hydrogen-bond acceptors (Lipinski definition) is 3. The van der Waals surface area contributed by atoms with Crippen LogP contribution in [0.4, 0.5) is 0 Å². The molecule has 0 aromatic heterocycles. The van der Waals surface area contributed by atoms with Gasteiger partial charge in [-0.1, -0.05) is 6.07 Å². The number of carbonyl (C=O) groups is 1. The standard InChI is InChI=1S/C17H23NO3/c1-2-20-15-8-7-12(13-10-17(19)18-11-13)9-16(15)21-14-5-3-4-6-14/h7-9,13-14H,2-6,10-11H2,1H3,(H,18,19). The van der Waals surface area contributed by atoms with E-state index in [-0.39, 0.29) is 11.8 Å². The maximum absolute atomic E-state index is 11.4. The van der Waals surface area contributed by atoms with Gasteiger partial charge in [0, 0.05) is 18.9 Å². The zero-order valence-corrected chi connectivity index (χ0v) is 12.6. The molecule has 1 amide bonds. The van der Waals surface area contributed by atoms with Gasteiger partial charge in [-0.05, 0) is 50.3 Å². The molecule has 0 radical (unpaired) electrons. The predicted octanol–water partition coefficient (Wildman–Crippen LogP) is 3.01. The summed E-state index contributed by atoms with van der Waals surface area (Å²) in [4.78, 5) is 11.4. The number of ether oxygens (including phenoxy) is 2. The Balaban J connectivity index is 1.80. The van der Waals surface area contributed by atoms with E-state index < -0.39 is 0 Å². The Hall–Kier alpha value is -1.71. The molecule has 4 nitrogen and oxygen atoms in total. The smallest absolute Gasteiger partial charge is 0.220 e. The molecule has 114 valence electrons. The summed E-state index contributed by atoms with van der Waals surface area (Å²) in [6.07, 6.45) is 5.61. The number of benzene rings is 1. The summed E-state index contributed by atoms with van der Waals surface area (Å²) in [5, 5.41) is 2.89. The van der Waals surface area contributed by atoms with Gasteiger partial charge in [0.25, 0.3) is 0 Å². The van der Waals surface area contributed by atoms with Crippen LogP contribution in [0.5, 0.6) is 11.5 Å². The first-order valence-corrected chi connectivity index (χ1v) is 7.96. The molecule has 1 heterocycles. The van der Waals surface area contributed by atoms with Crippen molar-refractivity contribution in [2.45, 2.75) is 51.0 Å². The molecule has 21 heavy (non-hydrogen) atoms. The van der Waals surface area contributed by atoms with Crippen LogP contribution in [-0.2, 0) is 4.79 Å². The molecular formula is C17H23NO3. The van der Waals surface area contributed by atoms with E-state index in [9.17, 15) is 4.79 Å². The minimum atomic E-state index is 0.132. The third-order valence-corrected chi connectivity index (χ3v) is 4.31. The fourth-order valence-electron chi connectivity index (χ4n) is 3.17. The van der Waals surface area contributed by atoms with E-state index in [0.717, 1.165) is 36.4 Å². The molecule has 1 aliphatic heterocycles. The lowest BCUT2D eigenvalue weighted by Gasteiger charge is -2.18. The van der Waals surface area contributed by atoms with E-state index in [1.807, 2.05) is 13.0 Å². The highest BCUT2D eigenvalue weighted by Gasteiger charge is 2.25. The zero-order valence-electron chi connectivity index (χ0n) is 12.6. The largest absolute Gasteiger partial charge is 0.490 e. The molecule has 0 spiro atoms. The van der Waals surface area contributed by atoms with Crippen LogP contribution in [0.25, 0.3) is 0 Å². The number of amides is 1. The van der Waals surface area contributed by atoms with Crippen molar-refractivity contribution in [2.24, 2.45) is 0 Å². The molecule has 3 rings (SSSR count). The van der Waals surface area contributed by atoms with Gasteiger partial charge in [-0.2, -0.15) is 0 Å². The molecule has 2 aliphatic rings. The first-order chi connectivity index (χ1) is 10.3. The van der Waals surface area contributed by atoms with Crippen molar-refractivity contribution in [3.8, 4) is 11.5 Å². The molecule has 1 unspecified atom stereocenters. The van der Waals surface area contributed by atoms with Gasteiger partial charge in [0.2, 0.25) is 5.91 Å². The monoisotopic (exact) mass is 289 g/mol. The summed E-state index contributed by atoms with van der Waals surface area (Å²) in [7, 11) is 0. The van der Waals surface area contributed by atoms with Gasteiger partial charge in [0.1, 0.15) is 0 Å². The minimum absolute atomic E-state index is 0.132. The van der Waals surface area contributed by atoms with E-state index >= 15 is 0 Å². The van der Waals surface area contributed by atoms with Crippen LogP contribution in [0.15, 0.2) is 18.2 Å². The topological polar surface area (TPSA) is 47.6 Å². The summed E-state index contributed by atoms with van der Waals surface area (Å²) in [5.41, 5.74) is 1.16. The third kappa shape index (κ3) is 3.31. The van der Waals surface area contributed by atoms with Gasteiger partial charge in [0.05, 0.1) is 12.7 Å². The van der Waals surface area contributed by atoms with E-state index in [2.05, 4.69) is 17.4 Å². The van der Waals surface area contributed by atoms with Crippen LogP contribution in [0.2, 0.25) is 0 Å². The molecule has 1 N–H and O–H groups in total. The first kappa shape index (κ1) is 14.2. The minimum Gasteiger partial charge on any atom is -0.490 e. The molecule has 2 fully saturated rings. The molecule has 1 atom stereocenters. The summed E-state index contributed by atoms with van der Waals surface area (Å²) in [6, 6.07) is 6.09. The highest BCUT2D eigenvalue weighted by atomic mass is 16.5. The summed E-state index contributed by atoms with van der Waals surface area (Å²) >= 11 is 0. The van der Waals surface area contributed by atoms with Crippen LogP contribution in [0.3, 0.4) is 0 Å². The molecule has 0 bridgehead atoms. The van der Waals surface area contributed by atoms with E-state index in [1.165, 1.54) is 12.8 Å². The molecular weight excluding hydrogens is 266 g/mol. The normalized spacial score (nSPS) is 22.3. The highest BCUT2D eigenvalue weighted by molar-refractivity contribution is 5.79. The molecule has 1 saturated carbocycles. The van der Waals surface area contributed by atoms with Gasteiger partial charge in [-0.25, -0.2) is 0 Å². The zero-order chi connectivity index (χ0) is 14.7. The second kappa shape index (κ2) is 6.37. The van der Waals surface area contributed by atoms with Crippen molar-refractivity contribution in [3.63, 3.8) is 0 Å². The third-order valence-electron chi connectivity index (χ3n) is 4.31. The quantitative estimate of drug-likeness (QED) is 0.906. The fourth-order valence-corrected chi connectivity index (χ4v) is 3.17. The lowest BCUT2D eigenvalue weighted by molar-refractivity contribution is -0.119. The molecule has 1 aliphatic carbocycles. The lowest BCUT2D eigenvalue weighted by Crippen LogP contribution is -2.14. The maximum Gasteiger partial charge on any atom is 0.220 e. The second-order valence-electron chi connectivity index (χ2n) is 5.87. The fraction of sp³-hybridized carbons (Fsp3) is 0.588. The Morgan fingerprint density at radius 3 is 2.71 bits per heavy atom. The summed E-state index contributed by atoms with van der Waals surface area (Å²) < 4.78 is 11.8. The average molecular weight is 289 g/mol. The van der Waals surface area contributed by atoms with Crippen molar-refractivity contribution in [2.75, 3.05) is 13.2 Å². The van der Waals surface area contributed by atoms with Crippen LogP contribution < -0.4 is 14.8 Å². The van der Waals surface area contributed by atoms with Gasteiger partial charge < -0.3 is 14.8 Å². The van der Waals surface area contributed by atoms with Crippen molar-refractivity contribution in [3.05, 3.63) is 23.8 Å². The Morgan fingerprint density at radius 1 is 1.24 bits per heavy atom. The van der Waals surface area contributed by atoms with Gasteiger partial charge >= 0.3 is 0 Å². The molecule has 1 aromatic carbocycles. The van der Waals surface area contributed by atoms with E-state index in [4.69, 9.17) is 9.47 Å². The van der Waals surface area contributed by atoms with Gasteiger partial charge in [0.15, 0.2) is 11.5 Å². The van der Waals surface area contributed by atoms with Crippen LogP contribution in [0, 0.1) is 0 Å². The number of hydrogen-bond donors (Lipinski definition) is 1. The number of rotatable bonds is 5. The van der Waals surface area contributed by atoms with Crippen molar-refractivity contribution < 1.29 is 14.3 Å². The maximum atomic E-state index is 11.4. The Kier molecular flexibility index (Phi) is 4.32. The average Bonchev–Trinajstić information content (AvgIpc) is 3.13. The van der Waals surface area contributed by atoms with Crippen molar-refractivity contribution >= 4 is 5.91 Å². The van der Waals surface area contributed by atoms with E-state index in [1.54, 1.807) is 0 Å². The highest BCUT2D eigenvalue weighted by Crippen LogP contribution is 2.35. The van der Waals surface area contributed by atoms with Crippen LogP contribution >= 0.6 is 0 Å². The van der Waals surface area contributed by atoms with Gasteiger partial charge in [-0.15, -0.1) is 0 Å². The van der Waals surface area contributed by atoms with E-state index in [0.29, 0.717) is 19.1 Å². The Morgan fingerprint density at radius 2 is 2.05 bits per heavy atom. The van der Waals surface area contributed by atoms with Crippen molar-refractivity contribution in [1.82, 2.24) is 5.32 Å². The molecule has 1 saturated heterocycles. The Bertz CT molecular complexity index is 509.